The van der Waals surface area contributed by atoms with Crippen LogP contribution in [0.15, 0.2) is 65.9 Å². The van der Waals surface area contributed by atoms with Crippen LogP contribution in [0, 0.1) is 10.1 Å². The number of nitro groups is 1. The summed E-state index contributed by atoms with van der Waals surface area (Å²) in [5.41, 5.74) is 4.27. The Bertz CT molecular complexity index is 1010. The predicted octanol–water partition coefficient (Wildman–Crippen LogP) is 2.61. The van der Waals surface area contributed by atoms with E-state index in [2.05, 4.69) is 15.6 Å². The highest BCUT2D eigenvalue weighted by Gasteiger charge is 2.09. The summed E-state index contributed by atoms with van der Waals surface area (Å²) in [5.74, 6) is 0.252. The molecule has 1 aromatic heterocycles. The lowest BCUT2D eigenvalue weighted by molar-refractivity contribution is -0.384. The van der Waals surface area contributed by atoms with E-state index in [0.29, 0.717) is 12.3 Å². The average molecular weight is 379 g/mol. The monoisotopic (exact) mass is 379 g/mol. The number of non-ortho nitro benzene ring substituents is 1. The van der Waals surface area contributed by atoms with Gasteiger partial charge in [0.05, 0.1) is 24.8 Å². The van der Waals surface area contributed by atoms with Crippen molar-refractivity contribution < 1.29 is 14.5 Å². The molecule has 0 saturated heterocycles. The van der Waals surface area contributed by atoms with Crippen LogP contribution in [0.5, 0.6) is 5.75 Å². The number of hydrazone groups is 1. The third-order valence-corrected chi connectivity index (χ3v) is 3.84. The standard InChI is InChI=1S/C19H17N5O4/c1-28-17-4-2-3-15(11-17)12-20-21-19(25)18-9-10-23(22-18)13-14-5-7-16(8-6-14)24(26)27/h2-12H,13H2,1H3,(H,21,25). The number of carbonyl (C=O) groups is 1. The molecule has 9 heteroatoms. The van der Waals surface area contributed by atoms with E-state index in [9.17, 15) is 14.9 Å². The molecule has 0 saturated carbocycles. The number of nitrogens with one attached hydrogen (secondary N) is 1. The molecule has 0 fully saturated rings. The molecule has 0 bridgehead atoms. The van der Waals surface area contributed by atoms with Crippen molar-refractivity contribution in [1.82, 2.24) is 15.2 Å². The van der Waals surface area contributed by atoms with Crippen molar-refractivity contribution in [1.29, 1.82) is 0 Å². The normalized spacial score (nSPS) is 10.8. The fourth-order valence-electron chi connectivity index (χ4n) is 2.43. The Kier molecular flexibility index (Phi) is 5.75. The van der Waals surface area contributed by atoms with Gasteiger partial charge in [-0.2, -0.15) is 10.2 Å². The number of nitro benzene ring substituents is 1. The molecule has 0 atom stereocenters. The molecule has 1 amide bonds. The van der Waals surface area contributed by atoms with Gasteiger partial charge in [0.1, 0.15) is 5.75 Å². The molecule has 28 heavy (non-hydrogen) atoms. The van der Waals surface area contributed by atoms with E-state index in [1.165, 1.54) is 18.3 Å². The molecule has 3 aromatic rings. The van der Waals surface area contributed by atoms with E-state index < -0.39 is 10.8 Å². The predicted molar refractivity (Wildman–Crippen MR) is 102 cm³/mol. The summed E-state index contributed by atoms with van der Waals surface area (Å²) >= 11 is 0. The quantitative estimate of drug-likeness (QED) is 0.385. The molecule has 2 aromatic carbocycles. The van der Waals surface area contributed by atoms with Gasteiger partial charge < -0.3 is 4.74 Å². The highest BCUT2D eigenvalue weighted by molar-refractivity contribution is 5.93. The molecule has 3 rings (SSSR count). The minimum atomic E-state index is -0.452. The number of carbonyl (C=O) groups excluding carboxylic acids is 1. The van der Waals surface area contributed by atoms with E-state index in [-0.39, 0.29) is 11.4 Å². The average Bonchev–Trinajstić information content (AvgIpc) is 3.17. The Balaban J connectivity index is 1.58. The second-order valence-corrected chi connectivity index (χ2v) is 5.80. The van der Waals surface area contributed by atoms with Crippen molar-refractivity contribution in [3.8, 4) is 5.75 Å². The van der Waals surface area contributed by atoms with Gasteiger partial charge in [-0.3, -0.25) is 19.6 Å². The van der Waals surface area contributed by atoms with Crippen LogP contribution in [0.1, 0.15) is 21.6 Å². The van der Waals surface area contributed by atoms with Gasteiger partial charge in [0.25, 0.3) is 11.6 Å². The van der Waals surface area contributed by atoms with Crippen LogP contribution >= 0.6 is 0 Å². The van der Waals surface area contributed by atoms with Gasteiger partial charge >= 0.3 is 0 Å². The molecule has 0 aliphatic rings. The molecule has 142 valence electrons. The van der Waals surface area contributed by atoms with Gasteiger partial charge in [0.15, 0.2) is 5.69 Å². The summed E-state index contributed by atoms with van der Waals surface area (Å²) in [6.07, 6.45) is 3.16. The second kappa shape index (κ2) is 8.58. The highest BCUT2D eigenvalue weighted by atomic mass is 16.6. The smallest absolute Gasteiger partial charge is 0.291 e. The zero-order valence-corrected chi connectivity index (χ0v) is 15.0. The van der Waals surface area contributed by atoms with Gasteiger partial charge in [0.2, 0.25) is 0 Å². The van der Waals surface area contributed by atoms with Crippen molar-refractivity contribution >= 4 is 17.8 Å². The minimum absolute atomic E-state index is 0.0261. The first-order valence-corrected chi connectivity index (χ1v) is 8.29. The Labute approximate surface area is 160 Å². The van der Waals surface area contributed by atoms with Crippen LogP contribution in [0.3, 0.4) is 0 Å². The number of methoxy groups -OCH3 is 1. The van der Waals surface area contributed by atoms with E-state index >= 15 is 0 Å². The number of benzene rings is 2. The van der Waals surface area contributed by atoms with Gasteiger partial charge in [0, 0.05) is 18.3 Å². The van der Waals surface area contributed by atoms with Crippen LogP contribution in [0.2, 0.25) is 0 Å². The van der Waals surface area contributed by atoms with Crippen molar-refractivity contribution in [2.45, 2.75) is 6.54 Å². The summed E-state index contributed by atoms with van der Waals surface area (Å²) in [6, 6.07) is 15.0. The first kappa shape index (κ1) is 18.8. The Hall–Kier alpha value is -4.01. The maximum absolute atomic E-state index is 12.1. The van der Waals surface area contributed by atoms with Crippen LogP contribution in [0.4, 0.5) is 5.69 Å². The number of hydrogen-bond acceptors (Lipinski definition) is 6. The molecular formula is C19H17N5O4. The van der Waals surface area contributed by atoms with Crippen LogP contribution in [-0.4, -0.2) is 33.9 Å². The minimum Gasteiger partial charge on any atom is -0.497 e. The van der Waals surface area contributed by atoms with Gasteiger partial charge in [-0.25, -0.2) is 5.43 Å². The number of rotatable bonds is 7. The lowest BCUT2D eigenvalue weighted by Gasteiger charge is -2.02. The van der Waals surface area contributed by atoms with Gasteiger partial charge in [-0.05, 0) is 29.3 Å². The van der Waals surface area contributed by atoms with Gasteiger partial charge in [-0.15, -0.1) is 0 Å². The second-order valence-electron chi connectivity index (χ2n) is 5.80. The Morgan fingerprint density at radius 3 is 2.79 bits per heavy atom. The van der Waals surface area contributed by atoms with E-state index in [1.807, 2.05) is 18.2 Å². The van der Waals surface area contributed by atoms with Crippen LogP contribution in [-0.2, 0) is 6.54 Å². The number of aromatic nitrogens is 2. The zero-order valence-electron chi connectivity index (χ0n) is 15.0. The zero-order chi connectivity index (χ0) is 19.9. The summed E-state index contributed by atoms with van der Waals surface area (Å²) < 4.78 is 6.70. The van der Waals surface area contributed by atoms with E-state index in [1.54, 1.807) is 42.3 Å². The summed E-state index contributed by atoms with van der Waals surface area (Å²) in [6.45, 7) is 0.387. The Morgan fingerprint density at radius 1 is 1.29 bits per heavy atom. The third-order valence-electron chi connectivity index (χ3n) is 3.84. The fourth-order valence-corrected chi connectivity index (χ4v) is 2.43. The van der Waals surface area contributed by atoms with Crippen molar-refractivity contribution in [2.24, 2.45) is 5.10 Å². The maximum atomic E-state index is 12.1. The van der Waals surface area contributed by atoms with Crippen molar-refractivity contribution in [2.75, 3.05) is 7.11 Å². The molecule has 0 radical (unpaired) electrons. The Morgan fingerprint density at radius 2 is 2.07 bits per heavy atom. The molecule has 0 unspecified atom stereocenters. The van der Waals surface area contributed by atoms with Gasteiger partial charge in [-0.1, -0.05) is 24.3 Å². The first-order valence-electron chi connectivity index (χ1n) is 8.29. The van der Waals surface area contributed by atoms with Crippen molar-refractivity contribution in [3.05, 3.63) is 87.7 Å². The lowest BCUT2D eigenvalue weighted by Crippen LogP contribution is -2.18. The fraction of sp³-hybridized carbons (Fsp3) is 0.105. The molecule has 1 heterocycles. The number of nitrogens with zero attached hydrogens (tertiary/aromatic N) is 4. The SMILES string of the molecule is COc1cccc(C=NNC(=O)c2ccn(Cc3ccc([N+](=O)[O-])cc3)n2)c1. The molecule has 1 N–H and O–H groups in total. The highest BCUT2D eigenvalue weighted by Crippen LogP contribution is 2.13. The molecule has 0 spiro atoms. The van der Waals surface area contributed by atoms with Crippen LogP contribution < -0.4 is 10.2 Å². The largest absolute Gasteiger partial charge is 0.497 e. The number of ether oxygens (including phenoxy) is 1. The third kappa shape index (κ3) is 4.79. The van der Waals surface area contributed by atoms with E-state index in [4.69, 9.17) is 4.74 Å². The summed E-state index contributed by atoms with van der Waals surface area (Å²) in [4.78, 5) is 22.4. The van der Waals surface area contributed by atoms with E-state index in [0.717, 1.165) is 11.1 Å². The first-order chi connectivity index (χ1) is 13.5. The summed E-state index contributed by atoms with van der Waals surface area (Å²) in [5, 5.41) is 18.8. The maximum Gasteiger partial charge on any atom is 0.291 e. The summed E-state index contributed by atoms with van der Waals surface area (Å²) in [7, 11) is 1.57. The van der Waals surface area contributed by atoms with Crippen LogP contribution in [0.25, 0.3) is 0 Å². The number of hydrogen-bond donors (Lipinski definition) is 1. The molecular weight excluding hydrogens is 362 g/mol. The molecule has 0 aliphatic heterocycles. The van der Waals surface area contributed by atoms with Crippen molar-refractivity contribution in [3.63, 3.8) is 0 Å². The molecule has 0 aliphatic carbocycles. The lowest BCUT2D eigenvalue weighted by atomic mass is 10.2. The number of amides is 1. The molecule has 9 nitrogen and oxygen atoms in total. The topological polar surface area (TPSA) is 112 Å².